The smallest absolute Gasteiger partial charge is 0.254 e. The van der Waals surface area contributed by atoms with Gasteiger partial charge in [-0.05, 0) is 44.5 Å². The average Bonchev–Trinajstić information content (AvgIpc) is 3.02. The van der Waals surface area contributed by atoms with Crippen molar-refractivity contribution in [2.45, 2.75) is 33.6 Å². The molecule has 0 saturated carbocycles. The Morgan fingerprint density at radius 1 is 1.17 bits per heavy atom. The van der Waals surface area contributed by atoms with E-state index in [4.69, 9.17) is 9.47 Å². The number of carbonyl (C=O) groups is 2. The Kier molecular flexibility index (Phi) is 9.08. The van der Waals surface area contributed by atoms with Crippen LogP contribution in [0.5, 0.6) is 5.75 Å². The summed E-state index contributed by atoms with van der Waals surface area (Å²) in [6, 6.07) is 6.99. The molecule has 2 rings (SSSR count). The van der Waals surface area contributed by atoms with Crippen molar-refractivity contribution in [3.63, 3.8) is 0 Å². The molecule has 7 nitrogen and oxygen atoms in total. The Morgan fingerprint density at radius 2 is 1.90 bits per heavy atom. The average molecular weight is 420 g/mol. The Labute approximate surface area is 176 Å². The van der Waals surface area contributed by atoms with Crippen LogP contribution in [0.2, 0.25) is 0 Å². The van der Waals surface area contributed by atoms with E-state index in [2.05, 4.69) is 17.2 Å². The van der Waals surface area contributed by atoms with Crippen molar-refractivity contribution < 1.29 is 19.1 Å². The van der Waals surface area contributed by atoms with Crippen molar-refractivity contribution in [2.75, 3.05) is 38.7 Å². The van der Waals surface area contributed by atoms with Gasteiger partial charge in [0.25, 0.3) is 5.91 Å². The molecule has 1 heterocycles. The van der Waals surface area contributed by atoms with Gasteiger partial charge in [0, 0.05) is 24.1 Å². The first kappa shape index (κ1) is 22.8. The van der Waals surface area contributed by atoms with E-state index in [0.717, 1.165) is 29.2 Å². The number of ether oxygens (including phenoxy) is 2. The number of nitrogens with zero attached hydrogens (tertiary/aromatic N) is 2. The molecule has 0 radical (unpaired) electrons. The highest BCUT2D eigenvalue weighted by Crippen LogP contribution is 2.21. The number of carbonyl (C=O) groups excluding carboxylic acids is 2. The minimum atomic E-state index is -0.289. The van der Waals surface area contributed by atoms with Crippen molar-refractivity contribution in [2.24, 2.45) is 0 Å². The number of aryl methyl sites for hydroxylation is 2. The van der Waals surface area contributed by atoms with Gasteiger partial charge >= 0.3 is 0 Å². The van der Waals surface area contributed by atoms with E-state index in [1.807, 2.05) is 13.8 Å². The zero-order valence-corrected chi connectivity index (χ0v) is 18.3. The first-order valence-electron chi connectivity index (χ1n) is 9.69. The molecule has 0 atom stereocenters. The van der Waals surface area contributed by atoms with Gasteiger partial charge in [-0.25, -0.2) is 4.98 Å². The maximum Gasteiger partial charge on any atom is 0.254 e. The highest BCUT2D eigenvalue weighted by atomic mass is 32.1. The molecule has 1 aromatic heterocycles. The maximum atomic E-state index is 12.9. The second-order valence-corrected chi connectivity index (χ2v) is 7.86. The molecule has 1 N–H and O–H groups in total. The lowest BCUT2D eigenvalue weighted by Crippen LogP contribution is -2.40. The van der Waals surface area contributed by atoms with Crippen LogP contribution in [0.4, 0.5) is 5.13 Å². The summed E-state index contributed by atoms with van der Waals surface area (Å²) in [4.78, 5) is 32.2. The number of hydrogen-bond acceptors (Lipinski definition) is 6. The van der Waals surface area contributed by atoms with E-state index in [9.17, 15) is 9.59 Å². The van der Waals surface area contributed by atoms with E-state index in [0.29, 0.717) is 30.5 Å². The van der Waals surface area contributed by atoms with Gasteiger partial charge in [0.15, 0.2) is 5.13 Å². The van der Waals surface area contributed by atoms with Crippen LogP contribution in [0.15, 0.2) is 24.3 Å². The molecule has 0 bridgehead atoms. The van der Waals surface area contributed by atoms with Crippen LogP contribution in [0, 0.1) is 13.8 Å². The highest BCUT2D eigenvalue weighted by Gasteiger charge is 2.20. The molecule has 0 aliphatic rings. The van der Waals surface area contributed by atoms with E-state index < -0.39 is 0 Å². The lowest BCUT2D eigenvalue weighted by atomic mass is 10.2. The molecule has 0 aliphatic carbocycles. The Hall–Kier alpha value is -2.45. The molecule has 2 amide bonds. The number of benzene rings is 1. The van der Waals surface area contributed by atoms with Gasteiger partial charge in [0.05, 0.1) is 18.9 Å². The number of thiazole rings is 1. The van der Waals surface area contributed by atoms with Crippen LogP contribution in [0.25, 0.3) is 0 Å². The van der Waals surface area contributed by atoms with E-state index in [-0.39, 0.29) is 18.4 Å². The number of aromatic nitrogens is 1. The fraction of sp³-hybridized carbons (Fsp3) is 0.476. The molecule has 1 aromatic carbocycles. The van der Waals surface area contributed by atoms with E-state index in [1.54, 1.807) is 31.4 Å². The summed E-state index contributed by atoms with van der Waals surface area (Å²) in [5, 5.41) is 3.31. The molecule has 0 spiro atoms. The molecule has 0 saturated heterocycles. The van der Waals surface area contributed by atoms with Crippen LogP contribution in [0.1, 0.15) is 40.7 Å². The van der Waals surface area contributed by atoms with Crippen LogP contribution >= 0.6 is 11.3 Å². The fourth-order valence-corrected chi connectivity index (χ4v) is 3.35. The number of unbranched alkanes of at least 4 members (excludes halogenated alkanes) is 1. The third kappa shape index (κ3) is 7.14. The van der Waals surface area contributed by atoms with Gasteiger partial charge in [-0.3, -0.25) is 9.59 Å². The molecule has 0 unspecified atom stereocenters. The minimum Gasteiger partial charge on any atom is -0.494 e. The number of hydrogen-bond donors (Lipinski definition) is 1. The van der Waals surface area contributed by atoms with Crippen molar-refractivity contribution in [1.29, 1.82) is 0 Å². The van der Waals surface area contributed by atoms with Crippen LogP contribution in [-0.4, -0.2) is 55.1 Å². The lowest BCUT2D eigenvalue weighted by Gasteiger charge is -2.22. The summed E-state index contributed by atoms with van der Waals surface area (Å²) < 4.78 is 10.7. The van der Waals surface area contributed by atoms with Gasteiger partial charge in [-0.1, -0.05) is 13.3 Å². The first-order valence-corrected chi connectivity index (χ1v) is 10.5. The number of anilines is 1. The van der Waals surface area contributed by atoms with Gasteiger partial charge in [-0.15, -0.1) is 11.3 Å². The predicted molar refractivity (Wildman–Crippen MR) is 115 cm³/mol. The quantitative estimate of drug-likeness (QED) is 0.562. The number of rotatable bonds is 11. The standard InChI is InChI=1S/C21H29N3O4S/c1-5-6-12-28-18-9-7-17(8-10-18)20(26)24(11-13-27-4)14-19(25)23-21-22-15(2)16(3)29-21/h7-10H,5-6,11-14H2,1-4H3,(H,22,23,25). The van der Waals surface area contributed by atoms with Gasteiger partial charge in [-0.2, -0.15) is 0 Å². The number of nitrogens with one attached hydrogen (secondary N) is 1. The monoisotopic (exact) mass is 419 g/mol. The van der Waals surface area contributed by atoms with Crippen molar-refractivity contribution >= 4 is 28.3 Å². The molecule has 0 fully saturated rings. The van der Waals surface area contributed by atoms with E-state index in [1.165, 1.54) is 16.2 Å². The molecule has 0 aliphatic heterocycles. The van der Waals surface area contributed by atoms with Gasteiger partial charge in [0.2, 0.25) is 5.91 Å². The predicted octanol–water partition coefficient (Wildman–Crippen LogP) is 3.67. The highest BCUT2D eigenvalue weighted by molar-refractivity contribution is 7.15. The van der Waals surface area contributed by atoms with E-state index >= 15 is 0 Å². The summed E-state index contributed by atoms with van der Waals surface area (Å²) in [5.74, 6) is 0.206. The molecular weight excluding hydrogens is 390 g/mol. The Morgan fingerprint density at radius 3 is 2.48 bits per heavy atom. The Balaban J connectivity index is 2.01. The molecule has 2 aromatic rings. The zero-order chi connectivity index (χ0) is 21.2. The largest absolute Gasteiger partial charge is 0.494 e. The number of methoxy groups -OCH3 is 1. The second-order valence-electron chi connectivity index (χ2n) is 6.65. The summed E-state index contributed by atoms with van der Waals surface area (Å²) >= 11 is 1.42. The maximum absolute atomic E-state index is 12.9. The number of amides is 2. The van der Waals surface area contributed by atoms with Crippen LogP contribution in [-0.2, 0) is 9.53 Å². The third-order valence-electron chi connectivity index (χ3n) is 4.33. The van der Waals surface area contributed by atoms with Crippen molar-refractivity contribution in [1.82, 2.24) is 9.88 Å². The lowest BCUT2D eigenvalue weighted by molar-refractivity contribution is -0.117. The minimum absolute atomic E-state index is 0.0748. The van der Waals surface area contributed by atoms with Gasteiger partial charge < -0.3 is 19.7 Å². The molecule has 29 heavy (non-hydrogen) atoms. The zero-order valence-electron chi connectivity index (χ0n) is 17.5. The van der Waals surface area contributed by atoms with Crippen LogP contribution in [0.3, 0.4) is 0 Å². The summed E-state index contributed by atoms with van der Waals surface area (Å²) in [6.07, 6.45) is 2.05. The second kappa shape index (κ2) is 11.5. The van der Waals surface area contributed by atoms with Crippen molar-refractivity contribution in [3.8, 4) is 5.75 Å². The third-order valence-corrected chi connectivity index (χ3v) is 5.32. The van der Waals surface area contributed by atoms with Crippen molar-refractivity contribution in [3.05, 3.63) is 40.4 Å². The fourth-order valence-electron chi connectivity index (χ4n) is 2.52. The summed E-state index contributed by atoms with van der Waals surface area (Å²) in [6.45, 7) is 7.18. The normalized spacial score (nSPS) is 10.6. The SMILES string of the molecule is CCCCOc1ccc(C(=O)N(CCOC)CC(=O)Nc2nc(C)c(C)s2)cc1. The summed E-state index contributed by atoms with van der Waals surface area (Å²) in [5.41, 5.74) is 1.39. The molecule has 8 heteroatoms. The molecule has 158 valence electrons. The van der Waals surface area contributed by atoms with Gasteiger partial charge in [0.1, 0.15) is 12.3 Å². The molecular formula is C21H29N3O4S. The first-order chi connectivity index (χ1) is 13.9. The topological polar surface area (TPSA) is 80.8 Å². The summed E-state index contributed by atoms with van der Waals surface area (Å²) in [7, 11) is 1.56. The van der Waals surface area contributed by atoms with Crippen LogP contribution < -0.4 is 10.1 Å². The Bertz CT molecular complexity index is 785.